The van der Waals surface area contributed by atoms with E-state index in [0.29, 0.717) is 18.8 Å². The molecule has 2 fully saturated rings. The molecule has 2 aliphatic heterocycles. The van der Waals surface area contributed by atoms with Gasteiger partial charge in [-0.15, -0.1) is 0 Å². The van der Waals surface area contributed by atoms with Gasteiger partial charge in [0, 0.05) is 12.5 Å². The van der Waals surface area contributed by atoms with Gasteiger partial charge in [0.2, 0.25) is 5.91 Å². The predicted octanol–water partition coefficient (Wildman–Crippen LogP) is 0.316. The molecule has 2 N–H and O–H groups in total. The Bertz CT molecular complexity index is 416. The van der Waals surface area contributed by atoms with Crippen molar-refractivity contribution in [1.29, 1.82) is 0 Å². The fourth-order valence-electron chi connectivity index (χ4n) is 3.03. The molecular formula is C13H24N2O3S. The number of carbonyl (C=O) groups is 1. The van der Waals surface area contributed by atoms with Gasteiger partial charge in [-0.1, -0.05) is 0 Å². The summed E-state index contributed by atoms with van der Waals surface area (Å²) < 4.78 is 22.7. The van der Waals surface area contributed by atoms with Gasteiger partial charge in [-0.05, 0) is 51.1 Å². The topological polar surface area (TPSA) is 75.3 Å². The first-order chi connectivity index (χ1) is 8.96. The third-order valence-electron chi connectivity index (χ3n) is 4.23. The zero-order valence-corrected chi connectivity index (χ0v) is 12.3. The molecule has 2 rings (SSSR count). The number of hydrogen-bond acceptors (Lipinski definition) is 4. The molecular weight excluding hydrogens is 264 g/mol. The van der Waals surface area contributed by atoms with Gasteiger partial charge in [-0.2, -0.15) is 0 Å². The van der Waals surface area contributed by atoms with Crippen LogP contribution < -0.4 is 10.6 Å². The SMILES string of the molecule is CC(NC(=O)CC1CCS(=O)(=O)C1)C1CCCNC1. The van der Waals surface area contributed by atoms with Crippen molar-refractivity contribution in [3.63, 3.8) is 0 Å². The smallest absolute Gasteiger partial charge is 0.220 e. The summed E-state index contributed by atoms with van der Waals surface area (Å²) in [6.07, 6.45) is 3.29. The molecule has 0 bridgehead atoms. The van der Waals surface area contributed by atoms with Crippen molar-refractivity contribution >= 4 is 15.7 Å². The van der Waals surface area contributed by atoms with E-state index in [0.717, 1.165) is 25.9 Å². The van der Waals surface area contributed by atoms with Gasteiger partial charge in [0.05, 0.1) is 11.5 Å². The quantitative estimate of drug-likeness (QED) is 0.781. The molecule has 2 saturated heterocycles. The lowest BCUT2D eigenvalue weighted by atomic mass is 9.92. The molecule has 2 heterocycles. The Labute approximate surface area is 115 Å². The van der Waals surface area contributed by atoms with Crippen LogP contribution in [-0.2, 0) is 14.6 Å². The van der Waals surface area contributed by atoms with E-state index in [1.807, 2.05) is 6.92 Å². The number of nitrogens with one attached hydrogen (secondary N) is 2. The van der Waals surface area contributed by atoms with E-state index in [1.54, 1.807) is 0 Å². The summed E-state index contributed by atoms with van der Waals surface area (Å²) in [6, 6.07) is 0.165. The largest absolute Gasteiger partial charge is 0.353 e. The van der Waals surface area contributed by atoms with Crippen molar-refractivity contribution in [3.8, 4) is 0 Å². The minimum atomic E-state index is -2.88. The zero-order valence-electron chi connectivity index (χ0n) is 11.5. The predicted molar refractivity (Wildman–Crippen MR) is 74.6 cm³/mol. The maximum atomic E-state index is 11.9. The van der Waals surface area contributed by atoms with E-state index in [1.165, 1.54) is 0 Å². The first-order valence-electron chi connectivity index (χ1n) is 7.17. The molecule has 6 heteroatoms. The molecule has 0 saturated carbocycles. The van der Waals surface area contributed by atoms with Gasteiger partial charge in [0.15, 0.2) is 9.84 Å². The molecule has 3 unspecified atom stereocenters. The normalized spacial score (nSPS) is 31.8. The molecule has 0 aliphatic carbocycles. The van der Waals surface area contributed by atoms with Crippen molar-refractivity contribution in [2.24, 2.45) is 11.8 Å². The van der Waals surface area contributed by atoms with Crippen molar-refractivity contribution in [2.75, 3.05) is 24.6 Å². The van der Waals surface area contributed by atoms with Crippen LogP contribution >= 0.6 is 0 Å². The molecule has 110 valence electrons. The monoisotopic (exact) mass is 288 g/mol. The van der Waals surface area contributed by atoms with Crippen LogP contribution in [0.2, 0.25) is 0 Å². The fraction of sp³-hybridized carbons (Fsp3) is 0.923. The number of carbonyl (C=O) groups excluding carboxylic acids is 1. The third kappa shape index (κ3) is 4.45. The van der Waals surface area contributed by atoms with Crippen molar-refractivity contribution in [1.82, 2.24) is 10.6 Å². The van der Waals surface area contributed by atoms with Gasteiger partial charge >= 0.3 is 0 Å². The molecule has 0 spiro atoms. The number of amides is 1. The van der Waals surface area contributed by atoms with E-state index in [4.69, 9.17) is 0 Å². The minimum absolute atomic E-state index is 0.000161. The van der Waals surface area contributed by atoms with Gasteiger partial charge in [0.1, 0.15) is 0 Å². The van der Waals surface area contributed by atoms with Gasteiger partial charge in [0.25, 0.3) is 0 Å². The van der Waals surface area contributed by atoms with Crippen LogP contribution in [0.4, 0.5) is 0 Å². The molecule has 0 aromatic rings. The highest BCUT2D eigenvalue weighted by molar-refractivity contribution is 7.91. The van der Waals surface area contributed by atoms with Crippen LogP contribution in [0.5, 0.6) is 0 Å². The molecule has 2 aliphatic rings. The Hall–Kier alpha value is -0.620. The first kappa shape index (κ1) is 14.8. The molecule has 5 nitrogen and oxygen atoms in total. The Morgan fingerprint density at radius 1 is 1.42 bits per heavy atom. The second kappa shape index (κ2) is 6.22. The summed E-state index contributed by atoms with van der Waals surface area (Å²) in [5.41, 5.74) is 0. The summed E-state index contributed by atoms with van der Waals surface area (Å²) >= 11 is 0. The Morgan fingerprint density at radius 2 is 2.21 bits per heavy atom. The van der Waals surface area contributed by atoms with E-state index >= 15 is 0 Å². The number of hydrogen-bond donors (Lipinski definition) is 2. The first-order valence-corrected chi connectivity index (χ1v) is 8.99. The molecule has 1 amide bonds. The molecule has 19 heavy (non-hydrogen) atoms. The minimum Gasteiger partial charge on any atom is -0.353 e. The van der Waals surface area contributed by atoms with Gasteiger partial charge in [-0.25, -0.2) is 8.42 Å². The van der Waals surface area contributed by atoms with Crippen LogP contribution in [0.25, 0.3) is 0 Å². The van der Waals surface area contributed by atoms with E-state index in [2.05, 4.69) is 10.6 Å². The summed E-state index contributed by atoms with van der Waals surface area (Å²) in [5, 5.41) is 6.37. The standard InChI is InChI=1S/C13H24N2O3S/c1-10(12-3-2-5-14-8-12)15-13(16)7-11-4-6-19(17,18)9-11/h10-12,14H,2-9H2,1H3,(H,15,16). The number of sulfone groups is 1. The average molecular weight is 288 g/mol. The van der Waals surface area contributed by atoms with Crippen LogP contribution in [-0.4, -0.2) is 45.0 Å². The van der Waals surface area contributed by atoms with Crippen molar-refractivity contribution in [2.45, 2.75) is 38.6 Å². The Morgan fingerprint density at radius 3 is 2.79 bits per heavy atom. The second-order valence-corrected chi connectivity index (χ2v) is 8.16. The maximum Gasteiger partial charge on any atom is 0.220 e. The fourth-order valence-corrected chi connectivity index (χ4v) is 4.89. The maximum absolute atomic E-state index is 11.9. The highest BCUT2D eigenvalue weighted by Crippen LogP contribution is 2.22. The third-order valence-corrected chi connectivity index (χ3v) is 6.07. The number of piperidine rings is 1. The highest BCUT2D eigenvalue weighted by Gasteiger charge is 2.30. The Balaban J connectivity index is 1.74. The van der Waals surface area contributed by atoms with E-state index in [9.17, 15) is 13.2 Å². The van der Waals surface area contributed by atoms with Crippen LogP contribution in [0.1, 0.15) is 32.6 Å². The van der Waals surface area contributed by atoms with E-state index < -0.39 is 9.84 Å². The molecule has 0 aromatic heterocycles. The van der Waals surface area contributed by atoms with Crippen LogP contribution in [0.3, 0.4) is 0 Å². The van der Waals surface area contributed by atoms with Crippen LogP contribution in [0, 0.1) is 11.8 Å². The molecule has 3 atom stereocenters. The molecule has 0 aromatic carbocycles. The molecule has 0 radical (unpaired) electrons. The average Bonchev–Trinajstić information content (AvgIpc) is 2.69. The van der Waals surface area contributed by atoms with Crippen molar-refractivity contribution < 1.29 is 13.2 Å². The zero-order chi connectivity index (χ0) is 13.9. The Kier molecular flexibility index (Phi) is 4.84. The summed E-state index contributed by atoms with van der Waals surface area (Å²) in [7, 11) is -2.88. The summed E-state index contributed by atoms with van der Waals surface area (Å²) in [6.45, 7) is 4.07. The number of rotatable bonds is 4. The lowest BCUT2D eigenvalue weighted by Crippen LogP contribution is -2.44. The second-order valence-electron chi connectivity index (χ2n) is 5.94. The van der Waals surface area contributed by atoms with Gasteiger partial charge in [-0.3, -0.25) is 4.79 Å². The van der Waals surface area contributed by atoms with Crippen molar-refractivity contribution in [3.05, 3.63) is 0 Å². The van der Waals surface area contributed by atoms with Crippen LogP contribution in [0.15, 0.2) is 0 Å². The van der Waals surface area contributed by atoms with Gasteiger partial charge < -0.3 is 10.6 Å². The summed E-state index contributed by atoms with van der Waals surface area (Å²) in [4.78, 5) is 11.9. The lowest BCUT2D eigenvalue weighted by Gasteiger charge is -2.29. The summed E-state index contributed by atoms with van der Waals surface area (Å²) in [5.74, 6) is 0.930. The van der Waals surface area contributed by atoms with E-state index in [-0.39, 0.29) is 29.4 Å². The highest BCUT2D eigenvalue weighted by atomic mass is 32.2. The lowest BCUT2D eigenvalue weighted by molar-refractivity contribution is -0.122.